The second-order valence-corrected chi connectivity index (χ2v) is 6.76. The fourth-order valence-electron chi connectivity index (χ4n) is 3.86. The molecular weight excluding hydrogens is 306 g/mol. The number of hydrogen-bond acceptors (Lipinski definition) is 2. The first kappa shape index (κ1) is 16.1. The number of hydrogen-bond donors (Lipinski definition) is 1. The molecule has 0 unspecified atom stereocenters. The highest BCUT2D eigenvalue weighted by molar-refractivity contribution is 5.39. The van der Waals surface area contributed by atoms with Gasteiger partial charge in [-0.05, 0) is 23.1 Å². The quantitative estimate of drug-likeness (QED) is 0.758. The van der Waals surface area contributed by atoms with Gasteiger partial charge in [0.15, 0.2) is 0 Å². The Morgan fingerprint density at radius 2 is 1.24 bits per heavy atom. The monoisotopic (exact) mass is 329 g/mol. The van der Waals surface area contributed by atoms with Crippen LogP contribution in [0.2, 0.25) is 0 Å². The van der Waals surface area contributed by atoms with E-state index in [-0.39, 0.29) is 6.04 Å². The minimum atomic E-state index is -0.991. The van der Waals surface area contributed by atoms with E-state index >= 15 is 0 Å². The molecule has 0 aromatic heterocycles. The molecule has 1 aliphatic rings. The maximum absolute atomic E-state index is 11.9. The van der Waals surface area contributed by atoms with Crippen molar-refractivity contribution in [3.05, 3.63) is 108 Å². The Hall–Kier alpha value is -2.42. The Balaban J connectivity index is 1.69. The van der Waals surface area contributed by atoms with Crippen molar-refractivity contribution in [2.24, 2.45) is 0 Å². The highest BCUT2D eigenvalue weighted by Crippen LogP contribution is 2.41. The molecule has 1 fully saturated rings. The summed E-state index contributed by atoms with van der Waals surface area (Å²) in [4.78, 5) is 2.38. The summed E-state index contributed by atoms with van der Waals surface area (Å²) in [5.41, 5.74) is 2.22. The van der Waals surface area contributed by atoms with Crippen LogP contribution in [0.15, 0.2) is 91.0 Å². The van der Waals surface area contributed by atoms with Crippen LogP contribution in [0.4, 0.5) is 0 Å². The van der Waals surface area contributed by atoms with Crippen molar-refractivity contribution in [1.82, 2.24) is 4.90 Å². The Morgan fingerprint density at radius 1 is 0.760 bits per heavy atom. The van der Waals surface area contributed by atoms with Crippen LogP contribution < -0.4 is 0 Å². The first-order valence-corrected chi connectivity index (χ1v) is 8.90. The maximum Gasteiger partial charge on any atom is 0.130 e. The minimum Gasteiger partial charge on any atom is -0.379 e. The molecule has 0 amide bonds. The predicted octanol–water partition coefficient (Wildman–Crippen LogP) is 4.20. The van der Waals surface area contributed by atoms with Gasteiger partial charge in [0.25, 0.3) is 0 Å². The van der Waals surface area contributed by atoms with Crippen molar-refractivity contribution >= 4 is 0 Å². The number of likely N-dealkylation sites (tertiary alicyclic amines) is 1. The van der Waals surface area contributed by atoms with Crippen LogP contribution in [-0.4, -0.2) is 22.6 Å². The van der Waals surface area contributed by atoms with Gasteiger partial charge in [0.2, 0.25) is 0 Å². The molecule has 1 saturated heterocycles. The molecule has 1 atom stereocenters. The van der Waals surface area contributed by atoms with Gasteiger partial charge in [-0.1, -0.05) is 91.0 Å². The van der Waals surface area contributed by atoms with Crippen molar-refractivity contribution in [2.75, 3.05) is 6.54 Å². The molecule has 1 N–H and O–H groups in total. The van der Waals surface area contributed by atoms with E-state index in [0.29, 0.717) is 0 Å². The van der Waals surface area contributed by atoms with Crippen LogP contribution in [0, 0.1) is 0 Å². The molecule has 0 aliphatic carbocycles. The Labute approximate surface area is 149 Å². The average molecular weight is 329 g/mol. The molecule has 0 radical (unpaired) electrons. The highest BCUT2D eigenvalue weighted by Gasteiger charge is 2.47. The lowest BCUT2D eigenvalue weighted by Crippen LogP contribution is -2.59. The normalized spacial score (nSPS) is 17.9. The van der Waals surface area contributed by atoms with E-state index in [2.05, 4.69) is 29.2 Å². The Kier molecular flexibility index (Phi) is 4.39. The van der Waals surface area contributed by atoms with Gasteiger partial charge in [0.05, 0.1) is 0 Å². The molecule has 2 nitrogen and oxygen atoms in total. The number of aliphatic hydroxyl groups is 1. The number of benzene rings is 3. The van der Waals surface area contributed by atoms with E-state index in [9.17, 15) is 5.11 Å². The summed E-state index contributed by atoms with van der Waals surface area (Å²) in [6.45, 7) is 1.88. The standard InChI is InChI=1S/C23H23NO/c25-23(20-12-6-2-7-13-20,21-14-8-3-9-15-21)22-16-17-24(22)18-19-10-4-1-5-11-19/h1-15,22,25H,16-18H2/t22-/m1/s1. The molecular formula is C23H23NO. The minimum absolute atomic E-state index is 0.0810. The van der Waals surface area contributed by atoms with Crippen LogP contribution in [0.1, 0.15) is 23.1 Å². The lowest BCUT2D eigenvalue weighted by molar-refractivity contribution is -0.0760. The molecule has 25 heavy (non-hydrogen) atoms. The van der Waals surface area contributed by atoms with Crippen LogP contribution in [0.25, 0.3) is 0 Å². The third-order valence-corrected chi connectivity index (χ3v) is 5.27. The first-order chi connectivity index (χ1) is 12.3. The lowest BCUT2D eigenvalue weighted by Gasteiger charge is -2.50. The van der Waals surface area contributed by atoms with Crippen LogP contribution in [0.3, 0.4) is 0 Å². The van der Waals surface area contributed by atoms with Gasteiger partial charge in [-0.3, -0.25) is 4.90 Å². The topological polar surface area (TPSA) is 23.5 Å². The average Bonchev–Trinajstić information content (AvgIpc) is 2.67. The zero-order valence-corrected chi connectivity index (χ0v) is 14.3. The summed E-state index contributed by atoms with van der Waals surface area (Å²) < 4.78 is 0. The van der Waals surface area contributed by atoms with Gasteiger partial charge in [0, 0.05) is 19.1 Å². The van der Waals surface area contributed by atoms with E-state index in [1.54, 1.807) is 0 Å². The second-order valence-electron chi connectivity index (χ2n) is 6.76. The summed E-state index contributed by atoms with van der Waals surface area (Å²) in [6.07, 6.45) is 0.993. The van der Waals surface area contributed by atoms with Crippen molar-refractivity contribution in [1.29, 1.82) is 0 Å². The van der Waals surface area contributed by atoms with Gasteiger partial charge >= 0.3 is 0 Å². The van der Waals surface area contributed by atoms with E-state index in [1.165, 1.54) is 5.56 Å². The van der Waals surface area contributed by atoms with Crippen LogP contribution in [0.5, 0.6) is 0 Å². The summed E-state index contributed by atoms with van der Waals surface area (Å²) in [6, 6.07) is 30.7. The van der Waals surface area contributed by atoms with Crippen LogP contribution >= 0.6 is 0 Å². The third-order valence-electron chi connectivity index (χ3n) is 5.27. The Bertz CT molecular complexity index is 762. The Morgan fingerprint density at radius 3 is 1.68 bits per heavy atom. The van der Waals surface area contributed by atoms with Crippen molar-refractivity contribution in [2.45, 2.75) is 24.6 Å². The molecule has 3 aromatic carbocycles. The molecule has 3 aromatic rings. The molecule has 0 saturated carbocycles. The fraction of sp³-hybridized carbons (Fsp3) is 0.217. The van der Waals surface area contributed by atoms with Crippen molar-refractivity contribution in [3.63, 3.8) is 0 Å². The van der Waals surface area contributed by atoms with Gasteiger partial charge in [0.1, 0.15) is 5.60 Å². The summed E-state index contributed by atoms with van der Waals surface area (Å²) in [5.74, 6) is 0. The smallest absolute Gasteiger partial charge is 0.130 e. The van der Waals surface area contributed by atoms with Gasteiger partial charge < -0.3 is 5.11 Å². The summed E-state index contributed by atoms with van der Waals surface area (Å²) >= 11 is 0. The van der Waals surface area contributed by atoms with Gasteiger partial charge in [-0.15, -0.1) is 0 Å². The fourth-order valence-corrected chi connectivity index (χ4v) is 3.86. The summed E-state index contributed by atoms with van der Waals surface area (Å²) in [7, 11) is 0. The predicted molar refractivity (Wildman–Crippen MR) is 101 cm³/mol. The van der Waals surface area contributed by atoms with E-state index in [1.807, 2.05) is 66.7 Å². The molecule has 2 heteroatoms. The molecule has 1 heterocycles. The highest BCUT2D eigenvalue weighted by atomic mass is 16.3. The second kappa shape index (κ2) is 6.83. The SMILES string of the molecule is OC(c1ccccc1)(c1ccccc1)[C@H]1CCN1Cc1ccccc1. The maximum atomic E-state index is 11.9. The zero-order chi connectivity index (χ0) is 17.1. The van der Waals surface area contributed by atoms with Crippen molar-refractivity contribution < 1.29 is 5.11 Å². The van der Waals surface area contributed by atoms with Crippen LogP contribution in [-0.2, 0) is 12.1 Å². The molecule has 1 aliphatic heterocycles. The molecule has 4 rings (SSSR count). The zero-order valence-electron chi connectivity index (χ0n) is 14.3. The third kappa shape index (κ3) is 2.99. The molecule has 0 spiro atoms. The van der Waals surface area contributed by atoms with E-state index in [4.69, 9.17) is 0 Å². The molecule has 0 bridgehead atoms. The molecule has 126 valence electrons. The van der Waals surface area contributed by atoms with E-state index in [0.717, 1.165) is 30.6 Å². The van der Waals surface area contributed by atoms with E-state index < -0.39 is 5.60 Å². The summed E-state index contributed by atoms with van der Waals surface area (Å²) in [5, 5.41) is 11.9. The van der Waals surface area contributed by atoms with Gasteiger partial charge in [-0.2, -0.15) is 0 Å². The lowest BCUT2D eigenvalue weighted by atomic mass is 9.75. The van der Waals surface area contributed by atoms with Crippen molar-refractivity contribution in [3.8, 4) is 0 Å². The largest absolute Gasteiger partial charge is 0.379 e. The number of nitrogens with zero attached hydrogens (tertiary/aromatic N) is 1. The first-order valence-electron chi connectivity index (χ1n) is 8.90. The van der Waals surface area contributed by atoms with Gasteiger partial charge in [-0.25, -0.2) is 0 Å². The number of rotatable bonds is 5.